The van der Waals surface area contributed by atoms with Crippen LogP contribution >= 0.6 is 0 Å². The Labute approximate surface area is 95.0 Å². The molecule has 2 rings (SSSR count). The number of aromatic hydroxyl groups is 1. The van der Waals surface area contributed by atoms with Gasteiger partial charge in [-0.1, -0.05) is 18.2 Å². The predicted octanol–water partition coefficient (Wildman–Crippen LogP) is 2.42. The summed E-state index contributed by atoms with van der Waals surface area (Å²) in [5.41, 5.74) is 1.14. The molecule has 82 valence electrons. The maximum atomic E-state index is 9.18. The van der Waals surface area contributed by atoms with Gasteiger partial charge < -0.3 is 10.0 Å². The minimum Gasteiger partial charge on any atom is -0.508 e. The van der Waals surface area contributed by atoms with Crippen molar-refractivity contribution in [3.8, 4) is 5.75 Å². The van der Waals surface area contributed by atoms with Gasteiger partial charge in [-0.2, -0.15) is 0 Å². The molecule has 0 bridgehead atoms. The van der Waals surface area contributed by atoms with Gasteiger partial charge in [0, 0.05) is 19.8 Å². The third-order valence-electron chi connectivity index (χ3n) is 2.40. The number of aromatic nitrogens is 1. The first-order chi connectivity index (χ1) is 7.75. The Morgan fingerprint density at radius 2 is 1.88 bits per heavy atom. The smallest absolute Gasteiger partial charge is 0.128 e. The molecule has 0 saturated carbocycles. The molecule has 0 aliphatic carbocycles. The number of phenols is 1. The lowest BCUT2D eigenvalue weighted by atomic mass is 10.2. The second-order valence-corrected chi connectivity index (χ2v) is 3.71. The Morgan fingerprint density at radius 1 is 1.12 bits per heavy atom. The highest BCUT2D eigenvalue weighted by Gasteiger charge is 2.02. The van der Waals surface area contributed by atoms with Crippen LogP contribution in [-0.2, 0) is 6.54 Å². The molecule has 0 radical (unpaired) electrons. The molecule has 0 aliphatic rings. The Bertz CT molecular complexity index is 439. The van der Waals surface area contributed by atoms with Crippen LogP contribution in [0.3, 0.4) is 0 Å². The second kappa shape index (κ2) is 4.66. The molecule has 0 amide bonds. The number of anilines is 1. The minimum absolute atomic E-state index is 0.296. The van der Waals surface area contributed by atoms with E-state index >= 15 is 0 Å². The Hall–Kier alpha value is -2.03. The standard InChI is InChI=1S/C13H14N2O/c1-15(13-4-2-3-9-14-13)10-11-5-7-12(16)8-6-11/h2-9,16H,10H2,1H3. The highest BCUT2D eigenvalue weighted by molar-refractivity contribution is 5.38. The molecule has 0 spiro atoms. The zero-order valence-corrected chi connectivity index (χ0v) is 9.17. The molecular weight excluding hydrogens is 200 g/mol. The summed E-state index contributed by atoms with van der Waals surface area (Å²) in [6.07, 6.45) is 1.78. The maximum Gasteiger partial charge on any atom is 0.128 e. The van der Waals surface area contributed by atoms with E-state index in [9.17, 15) is 5.11 Å². The predicted molar refractivity (Wildman–Crippen MR) is 64.5 cm³/mol. The number of benzene rings is 1. The summed E-state index contributed by atoms with van der Waals surface area (Å²) in [4.78, 5) is 6.33. The first kappa shape index (κ1) is 10.5. The van der Waals surface area contributed by atoms with Crippen LogP contribution < -0.4 is 4.90 Å². The van der Waals surface area contributed by atoms with E-state index in [1.165, 1.54) is 0 Å². The van der Waals surface area contributed by atoms with E-state index in [1.54, 1.807) is 18.3 Å². The van der Waals surface area contributed by atoms with Crippen LogP contribution in [0.1, 0.15) is 5.56 Å². The van der Waals surface area contributed by atoms with Gasteiger partial charge in [-0.25, -0.2) is 4.98 Å². The van der Waals surface area contributed by atoms with E-state index in [4.69, 9.17) is 0 Å². The van der Waals surface area contributed by atoms with Crippen molar-refractivity contribution in [2.75, 3.05) is 11.9 Å². The molecule has 0 fully saturated rings. The van der Waals surface area contributed by atoms with Gasteiger partial charge in [-0.05, 0) is 29.8 Å². The number of nitrogens with zero attached hydrogens (tertiary/aromatic N) is 2. The topological polar surface area (TPSA) is 36.4 Å². The third kappa shape index (κ3) is 2.51. The number of hydrogen-bond donors (Lipinski definition) is 1. The van der Waals surface area contributed by atoms with Crippen molar-refractivity contribution in [1.29, 1.82) is 0 Å². The molecule has 1 N–H and O–H groups in total. The maximum absolute atomic E-state index is 9.18. The fraction of sp³-hybridized carbons (Fsp3) is 0.154. The molecule has 1 heterocycles. The second-order valence-electron chi connectivity index (χ2n) is 3.71. The van der Waals surface area contributed by atoms with E-state index < -0.39 is 0 Å². The SMILES string of the molecule is CN(Cc1ccc(O)cc1)c1ccccn1. The van der Waals surface area contributed by atoms with E-state index in [1.807, 2.05) is 37.4 Å². The number of pyridine rings is 1. The van der Waals surface area contributed by atoms with Gasteiger partial charge >= 0.3 is 0 Å². The zero-order valence-electron chi connectivity index (χ0n) is 9.17. The normalized spacial score (nSPS) is 10.1. The highest BCUT2D eigenvalue weighted by atomic mass is 16.3. The average Bonchev–Trinajstić information content (AvgIpc) is 2.33. The van der Waals surface area contributed by atoms with E-state index in [2.05, 4.69) is 9.88 Å². The van der Waals surface area contributed by atoms with Gasteiger partial charge in [0.05, 0.1) is 0 Å². The molecule has 16 heavy (non-hydrogen) atoms. The first-order valence-electron chi connectivity index (χ1n) is 5.16. The van der Waals surface area contributed by atoms with Crippen LogP contribution in [0.15, 0.2) is 48.7 Å². The lowest BCUT2D eigenvalue weighted by molar-refractivity contribution is 0.475. The largest absolute Gasteiger partial charge is 0.508 e. The average molecular weight is 214 g/mol. The molecule has 3 heteroatoms. The summed E-state index contributed by atoms with van der Waals surface area (Å²) >= 11 is 0. The van der Waals surface area contributed by atoms with Crippen molar-refractivity contribution in [2.45, 2.75) is 6.54 Å². The molecule has 0 saturated heterocycles. The first-order valence-corrected chi connectivity index (χ1v) is 5.16. The molecule has 2 aromatic rings. The van der Waals surface area contributed by atoms with Crippen molar-refractivity contribution in [1.82, 2.24) is 4.98 Å². The van der Waals surface area contributed by atoms with Gasteiger partial charge in [0.25, 0.3) is 0 Å². The summed E-state index contributed by atoms with van der Waals surface area (Å²) in [5.74, 6) is 1.24. The van der Waals surface area contributed by atoms with E-state index in [-0.39, 0.29) is 0 Å². The molecule has 3 nitrogen and oxygen atoms in total. The van der Waals surface area contributed by atoms with Gasteiger partial charge in [-0.15, -0.1) is 0 Å². The van der Waals surface area contributed by atoms with E-state index in [0.29, 0.717) is 5.75 Å². The summed E-state index contributed by atoms with van der Waals surface area (Å²) < 4.78 is 0. The van der Waals surface area contributed by atoms with Gasteiger partial charge in [0.15, 0.2) is 0 Å². The van der Waals surface area contributed by atoms with Crippen LogP contribution in [0, 0.1) is 0 Å². The summed E-state index contributed by atoms with van der Waals surface area (Å²) in [7, 11) is 2.00. The van der Waals surface area contributed by atoms with Crippen molar-refractivity contribution in [3.05, 3.63) is 54.2 Å². The van der Waals surface area contributed by atoms with Crippen LogP contribution in [0.2, 0.25) is 0 Å². The Balaban J connectivity index is 2.08. The number of hydrogen-bond acceptors (Lipinski definition) is 3. The Morgan fingerprint density at radius 3 is 2.50 bits per heavy atom. The quantitative estimate of drug-likeness (QED) is 0.852. The lowest BCUT2D eigenvalue weighted by Crippen LogP contribution is -2.17. The van der Waals surface area contributed by atoms with Gasteiger partial charge in [-0.3, -0.25) is 0 Å². The molecular formula is C13H14N2O. The summed E-state index contributed by atoms with van der Waals surface area (Å²) in [6, 6.07) is 13.1. The van der Waals surface area contributed by atoms with Crippen molar-refractivity contribution < 1.29 is 5.11 Å². The van der Waals surface area contributed by atoms with Crippen molar-refractivity contribution >= 4 is 5.82 Å². The summed E-state index contributed by atoms with van der Waals surface area (Å²) in [6.45, 7) is 0.775. The highest BCUT2D eigenvalue weighted by Crippen LogP contribution is 2.14. The van der Waals surface area contributed by atoms with Crippen LogP contribution in [0.4, 0.5) is 5.82 Å². The van der Waals surface area contributed by atoms with E-state index in [0.717, 1.165) is 17.9 Å². The number of phenolic OH excluding ortho intramolecular Hbond substituents is 1. The van der Waals surface area contributed by atoms with Crippen LogP contribution in [0.25, 0.3) is 0 Å². The minimum atomic E-state index is 0.296. The van der Waals surface area contributed by atoms with Crippen LogP contribution in [-0.4, -0.2) is 17.1 Å². The fourth-order valence-electron chi connectivity index (χ4n) is 1.54. The zero-order chi connectivity index (χ0) is 11.4. The molecule has 0 atom stereocenters. The molecule has 1 aromatic heterocycles. The monoisotopic (exact) mass is 214 g/mol. The van der Waals surface area contributed by atoms with Gasteiger partial charge in [0.2, 0.25) is 0 Å². The van der Waals surface area contributed by atoms with Crippen molar-refractivity contribution in [3.63, 3.8) is 0 Å². The van der Waals surface area contributed by atoms with Gasteiger partial charge in [0.1, 0.15) is 11.6 Å². The van der Waals surface area contributed by atoms with Crippen LogP contribution in [0.5, 0.6) is 5.75 Å². The number of rotatable bonds is 3. The lowest BCUT2D eigenvalue weighted by Gasteiger charge is -2.17. The Kier molecular flexibility index (Phi) is 3.05. The third-order valence-corrected chi connectivity index (χ3v) is 2.40. The molecule has 0 unspecified atom stereocenters. The molecule has 1 aromatic carbocycles. The summed E-state index contributed by atoms with van der Waals surface area (Å²) in [5, 5.41) is 9.18. The molecule has 0 aliphatic heterocycles. The van der Waals surface area contributed by atoms with Crippen molar-refractivity contribution in [2.24, 2.45) is 0 Å². The fourth-order valence-corrected chi connectivity index (χ4v) is 1.54.